The van der Waals surface area contributed by atoms with Crippen LogP contribution >= 0.6 is 0 Å². The van der Waals surface area contributed by atoms with Gasteiger partial charge in [0.05, 0.1) is 0 Å². The molecule has 9 heavy (non-hydrogen) atoms. The monoisotopic (exact) mass is 131 g/mol. The average Bonchev–Trinajstić information content (AvgIpc) is 1.85. The number of hydrogen-bond donors (Lipinski definition) is 1. The highest BCUT2D eigenvalue weighted by molar-refractivity contribution is 5.37. The summed E-state index contributed by atoms with van der Waals surface area (Å²) in [5.41, 5.74) is 5.32. The van der Waals surface area contributed by atoms with Gasteiger partial charge in [0.15, 0.2) is 6.23 Å². The molecule has 2 N–H and O–H groups in total. The van der Waals surface area contributed by atoms with Crippen molar-refractivity contribution in [2.45, 2.75) is 32.4 Å². The molecule has 0 aromatic carbocycles. The lowest BCUT2D eigenvalue weighted by atomic mass is 10.2. The van der Waals surface area contributed by atoms with Gasteiger partial charge in [0.1, 0.15) is 0 Å². The standard InChI is InChI=1S/C6H13NO2/c1-2-3-4-6(7)9-5-8/h5-6H,2-4,7H2,1H3. The van der Waals surface area contributed by atoms with Crippen LogP contribution in [0.3, 0.4) is 0 Å². The van der Waals surface area contributed by atoms with Crippen LogP contribution in [-0.4, -0.2) is 12.7 Å². The topological polar surface area (TPSA) is 52.3 Å². The molecule has 1 atom stereocenters. The number of carbonyl (C=O) groups excluding carboxylic acids is 1. The largest absolute Gasteiger partial charge is 0.449 e. The predicted octanol–water partition coefficient (Wildman–Crippen LogP) is 0.634. The Kier molecular flexibility index (Phi) is 5.21. The van der Waals surface area contributed by atoms with Crippen LogP contribution in [0.4, 0.5) is 0 Å². The van der Waals surface area contributed by atoms with Crippen molar-refractivity contribution in [2.75, 3.05) is 0 Å². The van der Waals surface area contributed by atoms with E-state index < -0.39 is 6.23 Å². The van der Waals surface area contributed by atoms with Crippen LogP contribution in [-0.2, 0) is 9.53 Å². The predicted molar refractivity (Wildman–Crippen MR) is 34.6 cm³/mol. The molecule has 0 rings (SSSR count). The first-order chi connectivity index (χ1) is 4.31. The molecule has 0 saturated heterocycles. The molecule has 0 amide bonds. The summed E-state index contributed by atoms with van der Waals surface area (Å²) < 4.78 is 4.44. The van der Waals surface area contributed by atoms with Gasteiger partial charge in [0.2, 0.25) is 0 Å². The maximum Gasteiger partial charge on any atom is 0.294 e. The number of hydrogen-bond acceptors (Lipinski definition) is 3. The van der Waals surface area contributed by atoms with Crippen molar-refractivity contribution >= 4 is 6.47 Å². The van der Waals surface area contributed by atoms with Crippen molar-refractivity contribution in [3.8, 4) is 0 Å². The molecule has 0 spiro atoms. The van der Waals surface area contributed by atoms with E-state index in [4.69, 9.17) is 5.73 Å². The Bertz CT molecular complexity index is 75.5. The second kappa shape index (κ2) is 5.56. The van der Waals surface area contributed by atoms with Gasteiger partial charge in [0.25, 0.3) is 6.47 Å². The van der Waals surface area contributed by atoms with Gasteiger partial charge >= 0.3 is 0 Å². The Labute approximate surface area is 55.2 Å². The molecule has 0 bridgehead atoms. The summed E-state index contributed by atoms with van der Waals surface area (Å²) in [5, 5.41) is 0. The molecule has 1 unspecified atom stereocenters. The van der Waals surface area contributed by atoms with Crippen molar-refractivity contribution in [1.82, 2.24) is 0 Å². The number of nitrogens with two attached hydrogens (primary N) is 1. The zero-order valence-corrected chi connectivity index (χ0v) is 5.67. The summed E-state index contributed by atoms with van der Waals surface area (Å²) >= 11 is 0. The van der Waals surface area contributed by atoms with Crippen molar-refractivity contribution in [3.63, 3.8) is 0 Å². The molecule has 0 radical (unpaired) electrons. The van der Waals surface area contributed by atoms with Crippen LogP contribution in [0.25, 0.3) is 0 Å². The van der Waals surface area contributed by atoms with Gasteiger partial charge in [-0.3, -0.25) is 10.5 Å². The van der Waals surface area contributed by atoms with Crippen LogP contribution in [0, 0.1) is 0 Å². The number of ether oxygens (including phenoxy) is 1. The molecule has 3 heteroatoms. The van der Waals surface area contributed by atoms with E-state index in [9.17, 15) is 4.79 Å². The number of unbranched alkanes of at least 4 members (excludes halogenated alkanes) is 1. The minimum atomic E-state index is -0.401. The Hall–Kier alpha value is -0.570. The van der Waals surface area contributed by atoms with Gasteiger partial charge in [-0.05, 0) is 12.8 Å². The molecule has 0 saturated carbocycles. The maximum atomic E-state index is 9.68. The lowest BCUT2D eigenvalue weighted by molar-refractivity contribution is -0.133. The van der Waals surface area contributed by atoms with E-state index in [-0.39, 0.29) is 0 Å². The molecule has 0 fully saturated rings. The third-order valence-electron chi connectivity index (χ3n) is 1.07. The quantitative estimate of drug-likeness (QED) is 0.440. The lowest BCUT2D eigenvalue weighted by Gasteiger charge is -2.06. The fourth-order valence-corrected chi connectivity index (χ4v) is 0.545. The summed E-state index contributed by atoms with van der Waals surface area (Å²) in [6, 6.07) is 0. The van der Waals surface area contributed by atoms with E-state index >= 15 is 0 Å². The van der Waals surface area contributed by atoms with Crippen LogP contribution in [0.2, 0.25) is 0 Å². The lowest BCUT2D eigenvalue weighted by Crippen LogP contribution is -2.22. The highest BCUT2D eigenvalue weighted by atomic mass is 16.5. The molecule has 0 aliphatic rings. The highest BCUT2D eigenvalue weighted by Crippen LogP contribution is 1.97. The van der Waals surface area contributed by atoms with E-state index in [0.29, 0.717) is 6.47 Å². The molecule has 0 aromatic heterocycles. The third-order valence-corrected chi connectivity index (χ3v) is 1.07. The van der Waals surface area contributed by atoms with Crippen molar-refractivity contribution < 1.29 is 9.53 Å². The normalized spacial score (nSPS) is 12.7. The van der Waals surface area contributed by atoms with Gasteiger partial charge in [0, 0.05) is 0 Å². The van der Waals surface area contributed by atoms with Crippen molar-refractivity contribution in [1.29, 1.82) is 0 Å². The first-order valence-electron chi connectivity index (χ1n) is 3.16. The van der Waals surface area contributed by atoms with Gasteiger partial charge in [-0.15, -0.1) is 0 Å². The molecule has 0 aromatic rings. The minimum Gasteiger partial charge on any atom is -0.449 e. The summed E-state index contributed by atoms with van der Waals surface area (Å²) in [6.45, 7) is 2.45. The Morgan fingerprint density at radius 2 is 2.44 bits per heavy atom. The van der Waals surface area contributed by atoms with Crippen molar-refractivity contribution in [2.24, 2.45) is 5.73 Å². The molecule has 0 aliphatic carbocycles. The number of rotatable bonds is 5. The molecular formula is C6H13NO2. The second-order valence-electron chi connectivity index (χ2n) is 1.91. The van der Waals surface area contributed by atoms with Crippen LogP contribution in [0.5, 0.6) is 0 Å². The van der Waals surface area contributed by atoms with Gasteiger partial charge < -0.3 is 4.74 Å². The summed E-state index contributed by atoms with van der Waals surface area (Å²) in [4.78, 5) is 9.68. The van der Waals surface area contributed by atoms with Gasteiger partial charge in [-0.25, -0.2) is 0 Å². The summed E-state index contributed by atoms with van der Waals surface area (Å²) in [5.74, 6) is 0. The Balaban J connectivity index is 3.04. The molecule has 0 aliphatic heterocycles. The van der Waals surface area contributed by atoms with E-state index in [2.05, 4.69) is 11.7 Å². The molecule has 0 heterocycles. The highest BCUT2D eigenvalue weighted by Gasteiger charge is 1.98. The minimum absolute atomic E-state index is 0.389. The van der Waals surface area contributed by atoms with E-state index in [1.165, 1.54) is 0 Å². The fraction of sp³-hybridized carbons (Fsp3) is 0.833. The Morgan fingerprint density at radius 3 is 2.89 bits per heavy atom. The SMILES string of the molecule is CCCCC(N)OC=O. The molecule has 54 valence electrons. The maximum absolute atomic E-state index is 9.68. The van der Waals surface area contributed by atoms with E-state index in [0.717, 1.165) is 19.3 Å². The van der Waals surface area contributed by atoms with Gasteiger partial charge in [-0.1, -0.05) is 13.3 Å². The van der Waals surface area contributed by atoms with Crippen LogP contribution < -0.4 is 5.73 Å². The smallest absolute Gasteiger partial charge is 0.294 e. The third kappa shape index (κ3) is 5.30. The number of carbonyl (C=O) groups is 1. The van der Waals surface area contributed by atoms with Crippen LogP contribution in [0.15, 0.2) is 0 Å². The van der Waals surface area contributed by atoms with Crippen LogP contribution in [0.1, 0.15) is 26.2 Å². The first kappa shape index (κ1) is 8.43. The molecule has 3 nitrogen and oxygen atoms in total. The average molecular weight is 131 g/mol. The van der Waals surface area contributed by atoms with E-state index in [1.54, 1.807) is 0 Å². The van der Waals surface area contributed by atoms with E-state index in [1.807, 2.05) is 0 Å². The second-order valence-corrected chi connectivity index (χ2v) is 1.91. The zero-order valence-electron chi connectivity index (χ0n) is 5.67. The zero-order chi connectivity index (χ0) is 7.11. The first-order valence-corrected chi connectivity index (χ1v) is 3.16. The molecular weight excluding hydrogens is 118 g/mol. The Morgan fingerprint density at radius 1 is 1.78 bits per heavy atom. The summed E-state index contributed by atoms with van der Waals surface area (Å²) in [7, 11) is 0. The van der Waals surface area contributed by atoms with Crippen molar-refractivity contribution in [3.05, 3.63) is 0 Å². The fourth-order valence-electron chi connectivity index (χ4n) is 0.545. The van der Waals surface area contributed by atoms with Gasteiger partial charge in [-0.2, -0.15) is 0 Å². The summed E-state index contributed by atoms with van der Waals surface area (Å²) in [6.07, 6.45) is 2.45.